The maximum absolute atomic E-state index is 11.6. The van der Waals surface area contributed by atoms with Gasteiger partial charge in [-0.15, -0.1) is 0 Å². The fraction of sp³-hybridized carbons (Fsp3) is 0.500. The van der Waals surface area contributed by atoms with Gasteiger partial charge < -0.3 is 15.4 Å². The van der Waals surface area contributed by atoms with E-state index in [1.807, 2.05) is 12.1 Å². The van der Waals surface area contributed by atoms with Crippen LogP contribution in [0.25, 0.3) is 0 Å². The van der Waals surface area contributed by atoms with Crippen molar-refractivity contribution in [1.29, 1.82) is 0 Å². The fourth-order valence-electron chi connectivity index (χ4n) is 2.19. The molecule has 18 heavy (non-hydrogen) atoms. The lowest BCUT2D eigenvalue weighted by Gasteiger charge is -2.32. The second-order valence-electron chi connectivity index (χ2n) is 5.00. The van der Waals surface area contributed by atoms with Crippen molar-refractivity contribution in [3.8, 4) is 5.75 Å². The molecule has 4 heteroatoms. The number of nitrogens with two attached hydrogens (primary N) is 1. The van der Waals surface area contributed by atoms with E-state index >= 15 is 0 Å². The van der Waals surface area contributed by atoms with Gasteiger partial charge in [-0.2, -0.15) is 0 Å². The van der Waals surface area contributed by atoms with Gasteiger partial charge in [0, 0.05) is 12.1 Å². The Morgan fingerprint density at radius 3 is 2.94 bits per heavy atom. The molecule has 1 heterocycles. The summed E-state index contributed by atoms with van der Waals surface area (Å²) in [6.07, 6.45) is 0. The summed E-state index contributed by atoms with van der Waals surface area (Å²) in [6, 6.07) is 5.55. The molecule has 0 spiro atoms. The predicted molar refractivity (Wildman–Crippen MR) is 72.4 cm³/mol. The second kappa shape index (κ2) is 5.40. The molecule has 0 unspecified atom stereocenters. The van der Waals surface area contributed by atoms with Crippen LogP contribution in [-0.4, -0.2) is 32.0 Å². The highest BCUT2D eigenvalue weighted by Gasteiger charge is 2.20. The highest BCUT2D eigenvalue weighted by atomic mass is 16.5. The van der Waals surface area contributed by atoms with E-state index in [1.165, 1.54) is 0 Å². The molecule has 0 atom stereocenters. The summed E-state index contributed by atoms with van der Waals surface area (Å²) in [6.45, 7) is 6.95. The van der Waals surface area contributed by atoms with Crippen LogP contribution in [0, 0.1) is 5.92 Å². The zero-order valence-electron chi connectivity index (χ0n) is 11.0. The molecule has 2 rings (SSSR count). The van der Waals surface area contributed by atoms with Crippen LogP contribution < -0.4 is 15.4 Å². The predicted octanol–water partition coefficient (Wildman–Crippen LogP) is 1.68. The Hall–Kier alpha value is -1.55. The largest absolute Gasteiger partial charge is 0.490 e. The number of carbonyl (C=O) groups excluding carboxylic acids is 1. The molecule has 98 valence electrons. The molecule has 1 aliphatic heterocycles. The zero-order valence-corrected chi connectivity index (χ0v) is 11.0. The number of ether oxygens (including phenoxy) is 1. The maximum Gasteiger partial charge on any atom is 0.176 e. The number of Topliss-reactive ketones (excluding diaryl/α,β-unsaturated/α-hetero) is 1. The number of hydrogen-bond donors (Lipinski definition) is 1. The summed E-state index contributed by atoms with van der Waals surface area (Å²) in [5.41, 5.74) is 7.07. The highest BCUT2D eigenvalue weighted by Crippen LogP contribution is 2.33. The molecule has 0 amide bonds. The molecular formula is C14H20N2O2. The van der Waals surface area contributed by atoms with Crippen molar-refractivity contribution < 1.29 is 9.53 Å². The Balaban J connectivity index is 2.32. The first-order valence-corrected chi connectivity index (χ1v) is 6.37. The van der Waals surface area contributed by atoms with Gasteiger partial charge >= 0.3 is 0 Å². The van der Waals surface area contributed by atoms with E-state index < -0.39 is 0 Å². The number of nitrogens with zero attached hydrogens (tertiary/aromatic N) is 1. The minimum atomic E-state index is -0.0344. The van der Waals surface area contributed by atoms with Gasteiger partial charge in [0.1, 0.15) is 12.4 Å². The molecule has 1 aromatic rings. The minimum absolute atomic E-state index is 0.0344. The SMILES string of the molecule is CC(C)CN1CCOc2ccc(C(=O)CN)cc21. The van der Waals surface area contributed by atoms with E-state index in [0.29, 0.717) is 18.1 Å². The lowest BCUT2D eigenvalue weighted by molar-refractivity contribution is 0.100. The van der Waals surface area contributed by atoms with Crippen molar-refractivity contribution in [2.75, 3.05) is 31.1 Å². The zero-order chi connectivity index (χ0) is 13.1. The summed E-state index contributed by atoms with van der Waals surface area (Å²) in [5, 5.41) is 0. The first-order chi connectivity index (χ1) is 8.61. The van der Waals surface area contributed by atoms with Crippen LogP contribution in [-0.2, 0) is 0 Å². The third-order valence-electron chi connectivity index (χ3n) is 3.01. The lowest BCUT2D eigenvalue weighted by atomic mass is 10.1. The number of benzene rings is 1. The normalized spacial score (nSPS) is 14.3. The second-order valence-corrected chi connectivity index (χ2v) is 5.00. The van der Waals surface area contributed by atoms with Gasteiger partial charge in [-0.05, 0) is 24.1 Å². The van der Waals surface area contributed by atoms with Gasteiger partial charge in [0.05, 0.1) is 18.8 Å². The van der Waals surface area contributed by atoms with Crippen molar-refractivity contribution in [2.45, 2.75) is 13.8 Å². The number of fused-ring (bicyclic) bond motifs is 1. The topological polar surface area (TPSA) is 55.6 Å². The quantitative estimate of drug-likeness (QED) is 0.824. The fourth-order valence-corrected chi connectivity index (χ4v) is 2.19. The summed E-state index contributed by atoms with van der Waals surface area (Å²) < 4.78 is 5.62. The number of rotatable bonds is 4. The number of ketones is 1. The standard InChI is InChI=1S/C14H20N2O2/c1-10(2)9-16-5-6-18-14-4-3-11(7-12(14)16)13(17)8-15/h3-4,7,10H,5-6,8-9,15H2,1-2H3. The van der Waals surface area contributed by atoms with Gasteiger partial charge in [0.2, 0.25) is 0 Å². The van der Waals surface area contributed by atoms with Crippen LogP contribution in [0.2, 0.25) is 0 Å². The molecule has 0 saturated heterocycles. The lowest BCUT2D eigenvalue weighted by Crippen LogP contribution is -2.35. The van der Waals surface area contributed by atoms with Crippen LogP contribution >= 0.6 is 0 Å². The molecule has 0 bridgehead atoms. The van der Waals surface area contributed by atoms with E-state index in [1.54, 1.807) is 6.07 Å². The molecule has 0 saturated carbocycles. The van der Waals surface area contributed by atoms with E-state index in [-0.39, 0.29) is 12.3 Å². The molecule has 0 fully saturated rings. The summed E-state index contributed by atoms with van der Waals surface area (Å²) in [7, 11) is 0. The molecule has 0 radical (unpaired) electrons. The highest BCUT2D eigenvalue weighted by molar-refractivity contribution is 5.98. The van der Waals surface area contributed by atoms with E-state index in [9.17, 15) is 4.79 Å². The Morgan fingerprint density at radius 1 is 1.50 bits per heavy atom. The molecule has 0 aromatic heterocycles. The molecule has 2 N–H and O–H groups in total. The van der Waals surface area contributed by atoms with E-state index in [4.69, 9.17) is 10.5 Å². The van der Waals surface area contributed by atoms with Gasteiger partial charge in [-0.1, -0.05) is 13.8 Å². The third-order valence-corrected chi connectivity index (χ3v) is 3.01. The number of hydrogen-bond acceptors (Lipinski definition) is 4. The Bertz CT molecular complexity index is 443. The number of anilines is 1. The number of carbonyl (C=O) groups is 1. The molecule has 1 aromatic carbocycles. The van der Waals surface area contributed by atoms with Gasteiger partial charge in [-0.25, -0.2) is 0 Å². The van der Waals surface area contributed by atoms with Crippen molar-refractivity contribution in [3.63, 3.8) is 0 Å². The Kier molecular flexibility index (Phi) is 3.87. The first kappa shape index (κ1) is 12.9. The van der Waals surface area contributed by atoms with Gasteiger partial charge in [0.15, 0.2) is 5.78 Å². The minimum Gasteiger partial charge on any atom is -0.490 e. The molecule has 0 aliphatic carbocycles. The molecule has 4 nitrogen and oxygen atoms in total. The summed E-state index contributed by atoms with van der Waals surface area (Å²) >= 11 is 0. The van der Waals surface area contributed by atoms with Crippen LogP contribution in [0.1, 0.15) is 24.2 Å². The van der Waals surface area contributed by atoms with E-state index in [0.717, 1.165) is 24.5 Å². The monoisotopic (exact) mass is 248 g/mol. The average molecular weight is 248 g/mol. The molecular weight excluding hydrogens is 228 g/mol. The first-order valence-electron chi connectivity index (χ1n) is 6.37. The third kappa shape index (κ3) is 2.64. The van der Waals surface area contributed by atoms with Crippen molar-refractivity contribution in [2.24, 2.45) is 11.7 Å². The van der Waals surface area contributed by atoms with Crippen LogP contribution in [0.5, 0.6) is 5.75 Å². The summed E-state index contributed by atoms with van der Waals surface area (Å²) in [4.78, 5) is 13.9. The van der Waals surface area contributed by atoms with Crippen LogP contribution in [0.4, 0.5) is 5.69 Å². The van der Waals surface area contributed by atoms with Gasteiger partial charge in [-0.3, -0.25) is 4.79 Å². The van der Waals surface area contributed by atoms with E-state index in [2.05, 4.69) is 18.7 Å². The van der Waals surface area contributed by atoms with Crippen molar-refractivity contribution >= 4 is 11.5 Å². The van der Waals surface area contributed by atoms with Crippen LogP contribution in [0.15, 0.2) is 18.2 Å². The maximum atomic E-state index is 11.6. The molecule has 1 aliphatic rings. The average Bonchev–Trinajstić information content (AvgIpc) is 2.37. The van der Waals surface area contributed by atoms with Crippen LogP contribution in [0.3, 0.4) is 0 Å². The van der Waals surface area contributed by atoms with Crippen molar-refractivity contribution in [1.82, 2.24) is 0 Å². The Morgan fingerprint density at radius 2 is 2.28 bits per heavy atom. The van der Waals surface area contributed by atoms with Crippen molar-refractivity contribution in [3.05, 3.63) is 23.8 Å². The Labute approximate surface area is 108 Å². The van der Waals surface area contributed by atoms with Gasteiger partial charge in [0.25, 0.3) is 0 Å². The smallest absolute Gasteiger partial charge is 0.176 e. The summed E-state index contributed by atoms with van der Waals surface area (Å²) in [5.74, 6) is 1.40.